The van der Waals surface area contributed by atoms with Crippen LogP contribution >= 0.6 is 0 Å². The number of carbonyl (C=O) groups is 2. The second-order valence-electron chi connectivity index (χ2n) is 7.60. The fourth-order valence-corrected chi connectivity index (χ4v) is 3.55. The number of hydrogen-bond donors (Lipinski definition) is 1. The van der Waals surface area contributed by atoms with E-state index in [-0.39, 0.29) is 5.69 Å². The SMILES string of the molecule is COc1cccc(NC(=O)COC(=O)c2nn(-c3ccccc3)cc2-c2ccc(OC)c(OC)c2)c1. The molecule has 0 fully saturated rings. The van der Waals surface area contributed by atoms with Gasteiger partial charge in [-0.25, -0.2) is 9.48 Å². The normalized spacial score (nSPS) is 10.4. The zero-order valence-corrected chi connectivity index (χ0v) is 20.1. The van der Waals surface area contributed by atoms with E-state index >= 15 is 0 Å². The quantitative estimate of drug-likeness (QED) is 0.350. The molecule has 0 bridgehead atoms. The molecule has 36 heavy (non-hydrogen) atoms. The summed E-state index contributed by atoms with van der Waals surface area (Å²) in [5, 5.41) is 7.14. The molecular formula is C27H25N3O6. The first-order chi connectivity index (χ1) is 17.5. The van der Waals surface area contributed by atoms with Crippen LogP contribution in [-0.4, -0.2) is 49.6 Å². The van der Waals surface area contributed by atoms with Crippen molar-refractivity contribution in [2.75, 3.05) is 33.3 Å². The summed E-state index contributed by atoms with van der Waals surface area (Å²) in [6.07, 6.45) is 1.73. The van der Waals surface area contributed by atoms with Gasteiger partial charge in [-0.15, -0.1) is 0 Å². The lowest BCUT2D eigenvalue weighted by Crippen LogP contribution is -2.21. The third-order valence-electron chi connectivity index (χ3n) is 5.31. The number of esters is 1. The fourth-order valence-electron chi connectivity index (χ4n) is 3.55. The van der Waals surface area contributed by atoms with E-state index in [2.05, 4.69) is 10.4 Å². The van der Waals surface area contributed by atoms with Crippen molar-refractivity contribution in [2.24, 2.45) is 0 Å². The number of benzene rings is 3. The molecule has 0 spiro atoms. The van der Waals surface area contributed by atoms with E-state index in [1.807, 2.05) is 30.3 Å². The summed E-state index contributed by atoms with van der Waals surface area (Å²) in [4.78, 5) is 25.5. The maximum absolute atomic E-state index is 13.1. The molecule has 0 radical (unpaired) electrons. The predicted octanol–water partition coefficient (Wildman–Crippen LogP) is 4.36. The number of para-hydroxylation sites is 1. The molecule has 0 unspecified atom stereocenters. The highest BCUT2D eigenvalue weighted by Gasteiger charge is 2.22. The first-order valence-corrected chi connectivity index (χ1v) is 11.0. The molecule has 1 aromatic heterocycles. The fraction of sp³-hybridized carbons (Fsp3) is 0.148. The van der Waals surface area contributed by atoms with Crippen LogP contribution in [0.25, 0.3) is 16.8 Å². The second kappa shape index (κ2) is 11.1. The van der Waals surface area contributed by atoms with Gasteiger partial charge in [-0.05, 0) is 42.0 Å². The molecule has 4 aromatic rings. The molecule has 1 N–H and O–H groups in total. The molecule has 4 rings (SSSR count). The lowest BCUT2D eigenvalue weighted by Gasteiger charge is -2.10. The predicted molar refractivity (Wildman–Crippen MR) is 134 cm³/mol. The number of carbonyl (C=O) groups excluding carboxylic acids is 2. The minimum absolute atomic E-state index is 0.0558. The molecule has 1 heterocycles. The zero-order valence-electron chi connectivity index (χ0n) is 20.1. The summed E-state index contributed by atoms with van der Waals surface area (Å²) >= 11 is 0. The van der Waals surface area contributed by atoms with Crippen LogP contribution < -0.4 is 19.5 Å². The van der Waals surface area contributed by atoms with Crippen LogP contribution in [0.2, 0.25) is 0 Å². The van der Waals surface area contributed by atoms with Crippen molar-refractivity contribution in [1.29, 1.82) is 0 Å². The maximum Gasteiger partial charge on any atom is 0.360 e. The summed E-state index contributed by atoms with van der Waals surface area (Å²) < 4.78 is 22.8. The van der Waals surface area contributed by atoms with Crippen molar-refractivity contribution in [3.63, 3.8) is 0 Å². The molecule has 9 nitrogen and oxygen atoms in total. The van der Waals surface area contributed by atoms with Gasteiger partial charge in [0.1, 0.15) is 5.75 Å². The first kappa shape index (κ1) is 24.3. The van der Waals surface area contributed by atoms with Crippen molar-refractivity contribution in [2.45, 2.75) is 0 Å². The van der Waals surface area contributed by atoms with Crippen LogP contribution in [0.3, 0.4) is 0 Å². The van der Waals surface area contributed by atoms with Crippen molar-refractivity contribution in [3.05, 3.63) is 84.7 Å². The first-order valence-electron chi connectivity index (χ1n) is 11.0. The Hall–Kier alpha value is -4.79. The number of ether oxygens (including phenoxy) is 4. The van der Waals surface area contributed by atoms with Crippen LogP contribution in [0.5, 0.6) is 17.2 Å². The van der Waals surface area contributed by atoms with Crippen LogP contribution in [0.4, 0.5) is 5.69 Å². The summed E-state index contributed by atoms with van der Waals surface area (Å²) in [7, 11) is 4.61. The lowest BCUT2D eigenvalue weighted by atomic mass is 10.1. The number of hydrogen-bond acceptors (Lipinski definition) is 7. The Morgan fingerprint density at radius 2 is 1.64 bits per heavy atom. The summed E-state index contributed by atoms with van der Waals surface area (Å²) in [5.41, 5.74) is 2.52. The van der Waals surface area contributed by atoms with E-state index in [0.29, 0.717) is 34.1 Å². The molecule has 3 aromatic carbocycles. The molecule has 0 aliphatic heterocycles. The molecule has 1 amide bonds. The van der Waals surface area contributed by atoms with Gasteiger partial charge in [0.05, 0.1) is 27.0 Å². The third-order valence-corrected chi connectivity index (χ3v) is 5.31. The van der Waals surface area contributed by atoms with Crippen LogP contribution in [0.15, 0.2) is 79.0 Å². The molecule has 0 saturated carbocycles. The Morgan fingerprint density at radius 1 is 0.861 bits per heavy atom. The van der Waals surface area contributed by atoms with Gasteiger partial charge in [-0.1, -0.05) is 30.3 Å². The highest BCUT2D eigenvalue weighted by Crippen LogP contribution is 2.34. The number of methoxy groups -OCH3 is 3. The molecular weight excluding hydrogens is 462 g/mol. The highest BCUT2D eigenvalue weighted by molar-refractivity contribution is 5.98. The standard InChI is InChI=1S/C27H25N3O6/c1-33-21-11-7-8-19(15-21)28-25(31)17-36-27(32)26-22(16-30(29-26)20-9-5-4-6-10-20)18-12-13-23(34-2)24(14-18)35-3/h4-16H,17H2,1-3H3,(H,28,31). The molecule has 9 heteroatoms. The van der Waals surface area contributed by atoms with Gasteiger partial charge in [0.15, 0.2) is 23.8 Å². The van der Waals surface area contributed by atoms with Crippen molar-refractivity contribution < 1.29 is 28.5 Å². The average molecular weight is 488 g/mol. The van der Waals surface area contributed by atoms with Gasteiger partial charge in [0.2, 0.25) is 0 Å². The Morgan fingerprint density at radius 3 is 2.36 bits per heavy atom. The second-order valence-corrected chi connectivity index (χ2v) is 7.60. The Kier molecular flexibility index (Phi) is 7.50. The third kappa shape index (κ3) is 5.47. The number of rotatable bonds is 9. The number of nitrogens with one attached hydrogen (secondary N) is 1. The topological polar surface area (TPSA) is 101 Å². The smallest absolute Gasteiger partial charge is 0.360 e. The Labute approximate surface area is 208 Å². The minimum Gasteiger partial charge on any atom is -0.497 e. The van der Waals surface area contributed by atoms with E-state index in [1.54, 1.807) is 60.5 Å². The van der Waals surface area contributed by atoms with Gasteiger partial charge in [0.25, 0.3) is 5.91 Å². The maximum atomic E-state index is 13.1. The van der Waals surface area contributed by atoms with Crippen molar-refractivity contribution in [1.82, 2.24) is 9.78 Å². The molecule has 0 aliphatic carbocycles. The molecule has 0 atom stereocenters. The Bertz CT molecular complexity index is 1370. The lowest BCUT2D eigenvalue weighted by molar-refractivity contribution is -0.119. The van der Waals surface area contributed by atoms with Gasteiger partial charge in [0, 0.05) is 23.5 Å². The Balaban J connectivity index is 1.59. The van der Waals surface area contributed by atoms with Crippen molar-refractivity contribution in [3.8, 4) is 34.1 Å². The minimum atomic E-state index is -0.741. The van der Waals surface area contributed by atoms with E-state index in [9.17, 15) is 9.59 Å². The van der Waals surface area contributed by atoms with E-state index in [4.69, 9.17) is 18.9 Å². The zero-order chi connectivity index (χ0) is 25.5. The summed E-state index contributed by atoms with van der Waals surface area (Å²) in [6, 6.07) is 21.5. The average Bonchev–Trinajstić information content (AvgIpc) is 3.37. The number of nitrogens with zero attached hydrogens (tertiary/aromatic N) is 2. The summed E-state index contributed by atoms with van der Waals surface area (Å²) in [5.74, 6) is 0.410. The summed E-state index contributed by atoms with van der Waals surface area (Å²) in [6.45, 7) is -0.486. The van der Waals surface area contributed by atoms with E-state index in [1.165, 1.54) is 14.2 Å². The van der Waals surface area contributed by atoms with Gasteiger partial charge in [-0.3, -0.25) is 4.79 Å². The highest BCUT2D eigenvalue weighted by atomic mass is 16.5. The van der Waals surface area contributed by atoms with Gasteiger partial charge in [-0.2, -0.15) is 5.10 Å². The van der Waals surface area contributed by atoms with Crippen LogP contribution in [-0.2, 0) is 9.53 Å². The van der Waals surface area contributed by atoms with Crippen LogP contribution in [0, 0.1) is 0 Å². The molecule has 184 valence electrons. The number of aromatic nitrogens is 2. The number of anilines is 1. The van der Waals surface area contributed by atoms with E-state index in [0.717, 1.165) is 5.69 Å². The largest absolute Gasteiger partial charge is 0.497 e. The van der Waals surface area contributed by atoms with Gasteiger partial charge < -0.3 is 24.3 Å². The van der Waals surface area contributed by atoms with Crippen LogP contribution in [0.1, 0.15) is 10.5 Å². The molecule has 0 aliphatic rings. The monoisotopic (exact) mass is 487 g/mol. The number of amides is 1. The van der Waals surface area contributed by atoms with Crippen molar-refractivity contribution >= 4 is 17.6 Å². The van der Waals surface area contributed by atoms with Gasteiger partial charge >= 0.3 is 5.97 Å². The molecule has 0 saturated heterocycles. The van der Waals surface area contributed by atoms with E-state index < -0.39 is 18.5 Å².